The van der Waals surface area contributed by atoms with Crippen LogP contribution >= 0.6 is 11.6 Å². The highest BCUT2D eigenvalue weighted by Gasteiger charge is 2.22. The van der Waals surface area contributed by atoms with E-state index in [1.807, 2.05) is 4.90 Å². The fourth-order valence-electron chi connectivity index (χ4n) is 3.12. The van der Waals surface area contributed by atoms with Gasteiger partial charge in [-0.1, -0.05) is 11.6 Å². The van der Waals surface area contributed by atoms with Gasteiger partial charge in [-0.3, -0.25) is 9.59 Å². The van der Waals surface area contributed by atoms with Gasteiger partial charge in [0.15, 0.2) is 0 Å². The van der Waals surface area contributed by atoms with Crippen molar-refractivity contribution in [1.29, 1.82) is 0 Å². The summed E-state index contributed by atoms with van der Waals surface area (Å²) in [5, 5.41) is 8.18. The Morgan fingerprint density at radius 1 is 1.06 bits per heavy atom. The lowest BCUT2D eigenvalue weighted by Gasteiger charge is -2.34. The van der Waals surface area contributed by atoms with Gasteiger partial charge in [0.25, 0.3) is 0 Å². The maximum Gasteiger partial charge on any atom is 0.319 e. The topological polar surface area (TPSA) is 120 Å². The van der Waals surface area contributed by atoms with Crippen molar-refractivity contribution in [2.45, 2.75) is 13.3 Å². The average molecular weight is 446 g/mol. The van der Waals surface area contributed by atoms with Crippen molar-refractivity contribution in [3.05, 3.63) is 41.7 Å². The minimum Gasteiger partial charge on any atom is -0.339 e. The molecule has 1 fully saturated rings. The Kier molecular flexibility index (Phi) is 7.60. The van der Waals surface area contributed by atoms with Gasteiger partial charge < -0.3 is 25.8 Å². The average Bonchev–Trinajstić information content (AvgIpc) is 2.76. The van der Waals surface area contributed by atoms with Crippen LogP contribution in [0, 0.1) is 0 Å². The zero-order chi connectivity index (χ0) is 22.2. The molecular weight excluding hydrogens is 422 g/mol. The Bertz CT molecular complexity index is 934. The Morgan fingerprint density at radius 2 is 1.77 bits per heavy atom. The van der Waals surface area contributed by atoms with Crippen LogP contribution in [0.4, 0.5) is 22.1 Å². The van der Waals surface area contributed by atoms with Crippen LogP contribution < -0.4 is 20.9 Å². The normalized spacial score (nSPS) is 13.5. The van der Waals surface area contributed by atoms with E-state index in [0.29, 0.717) is 43.5 Å². The van der Waals surface area contributed by atoms with E-state index >= 15 is 0 Å². The highest BCUT2D eigenvalue weighted by atomic mass is 35.5. The molecule has 1 aliphatic rings. The molecule has 3 rings (SSSR count). The molecule has 1 aromatic heterocycles. The lowest BCUT2D eigenvalue weighted by molar-refractivity contribution is -0.131. The van der Waals surface area contributed by atoms with Crippen LogP contribution in [0.15, 0.2) is 36.7 Å². The van der Waals surface area contributed by atoms with Crippen molar-refractivity contribution in [3.63, 3.8) is 0 Å². The first-order valence-electron chi connectivity index (χ1n) is 9.84. The van der Waals surface area contributed by atoms with E-state index in [9.17, 15) is 14.4 Å². The fourth-order valence-corrected chi connectivity index (χ4v) is 3.34. The van der Waals surface area contributed by atoms with E-state index < -0.39 is 6.03 Å². The van der Waals surface area contributed by atoms with Gasteiger partial charge in [0.1, 0.15) is 0 Å². The van der Waals surface area contributed by atoms with E-state index in [1.54, 1.807) is 41.6 Å². The Morgan fingerprint density at radius 3 is 2.42 bits per heavy atom. The molecule has 0 atom stereocenters. The number of benzene rings is 1. The quantitative estimate of drug-likeness (QED) is 0.625. The molecule has 3 N–H and O–H groups in total. The van der Waals surface area contributed by atoms with Crippen LogP contribution in [0.5, 0.6) is 0 Å². The lowest BCUT2D eigenvalue weighted by atomic mass is 10.2. The summed E-state index contributed by atoms with van der Waals surface area (Å²) < 4.78 is 0. The van der Waals surface area contributed by atoms with Gasteiger partial charge in [-0.05, 0) is 24.3 Å². The number of aromatic nitrogens is 2. The molecule has 0 bridgehead atoms. The number of nitrogens with zero attached hydrogens (tertiary/aromatic N) is 4. The number of carbonyl (C=O) groups excluding carboxylic acids is 3. The molecule has 0 radical (unpaired) electrons. The summed E-state index contributed by atoms with van der Waals surface area (Å²) in [6.07, 6.45) is 3.59. The number of hydrogen-bond acceptors (Lipinski definition) is 6. The van der Waals surface area contributed by atoms with Crippen molar-refractivity contribution in [3.8, 4) is 0 Å². The monoisotopic (exact) mass is 445 g/mol. The lowest BCUT2D eigenvalue weighted by Crippen LogP contribution is -2.49. The van der Waals surface area contributed by atoms with E-state index in [-0.39, 0.29) is 29.8 Å². The van der Waals surface area contributed by atoms with Crippen molar-refractivity contribution in [1.82, 2.24) is 20.2 Å². The summed E-state index contributed by atoms with van der Waals surface area (Å²) in [7, 11) is 0. The van der Waals surface area contributed by atoms with Crippen LogP contribution in [-0.2, 0) is 9.59 Å². The Labute approximate surface area is 185 Å². The van der Waals surface area contributed by atoms with Crippen molar-refractivity contribution < 1.29 is 14.4 Å². The first-order chi connectivity index (χ1) is 14.9. The third-order valence-electron chi connectivity index (χ3n) is 4.63. The zero-order valence-corrected chi connectivity index (χ0v) is 17.9. The number of carbonyl (C=O) groups is 3. The summed E-state index contributed by atoms with van der Waals surface area (Å²) in [5.41, 5.74) is 0.937. The second-order valence-electron chi connectivity index (χ2n) is 6.92. The summed E-state index contributed by atoms with van der Waals surface area (Å²) >= 11 is 6.13. The molecule has 0 saturated carbocycles. The van der Waals surface area contributed by atoms with Gasteiger partial charge in [-0.15, -0.1) is 0 Å². The minimum absolute atomic E-state index is 0.0216. The number of anilines is 3. The third kappa shape index (κ3) is 6.54. The number of piperazine rings is 1. The van der Waals surface area contributed by atoms with Gasteiger partial charge >= 0.3 is 6.03 Å². The Balaban J connectivity index is 1.38. The van der Waals surface area contributed by atoms with E-state index in [4.69, 9.17) is 11.6 Å². The molecular formula is C20H24ClN7O3. The number of urea groups is 1. The largest absolute Gasteiger partial charge is 0.339 e. The molecule has 11 heteroatoms. The molecule has 2 aromatic rings. The predicted octanol–water partition coefficient (Wildman–Crippen LogP) is 1.95. The van der Waals surface area contributed by atoms with Crippen LogP contribution in [-0.4, -0.2) is 65.4 Å². The van der Waals surface area contributed by atoms with Crippen LogP contribution in [0.3, 0.4) is 0 Å². The third-order valence-corrected chi connectivity index (χ3v) is 4.94. The van der Waals surface area contributed by atoms with E-state index in [0.717, 1.165) is 0 Å². The van der Waals surface area contributed by atoms with E-state index in [2.05, 4.69) is 25.9 Å². The van der Waals surface area contributed by atoms with Crippen LogP contribution in [0.25, 0.3) is 0 Å². The first kappa shape index (κ1) is 22.3. The van der Waals surface area contributed by atoms with Crippen molar-refractivity contribution in [2.24, 2.45) is 0 Å². The molecule has 10 nitrogen and oxygen atoms in total. The first-order valence-corrected chi connectivity index (χ1v) is 10.2. The Hall–Kier alpha value is -3.40. The number of rotatable bonds is 6. The molecule has 0 aliphatic carbocycles. The molecule has 0 unspecified atom stereocenters. The predicted molar refractivity (Wildman–Crippen MR) is 118 cm³/mol. The summed E-state index contributed by atoms with van der Waals surface area (Å²) in [4.78, 5) is 47.9. The fraction of sp³-hybridized carbons (Fsp3) is 0.350. The second kappa shape index (κ2) is 10.6. The number of amides is 4. The highest BCUT2D eigenvalue weighted by Crippen LogP contribution is 2.25. The van der Waals surface area contributed by atoms with Crippen LogP contribution in [0.1, 0.15) is 13.3 Å². The smallest absolute Gasteiger partial charge is 0.319 e. The second-order valence-corrected chi connectivity index (χ2v) is 7.33. The standard InChI is InChI=1S/C20H24ClN7O3/c1-14(29)25-15-3-4-17(16(21)13-15)26-20(31)24-8-5-18(30)27-9-11-28(12-10-27)19-22-6-2-7-23-19/h2-4,6-7,13H,5,8-12H2,1H3,(H,25,29)(H2,24,26,31). The SMILES string of the molecule is CC(=O)Nc1ccc(NC(=O)NCCC(=O)N2CCN(c3ncccn3)CC2)c(Cl)c1. The molecule has 2 heterocycles. The summed E-state index contributed by atoms with van der Waals surface area (Å²) in [5.74, 6) is 0.428. The van der Waals surface area contributed by atoms with Gasteiger partial charge in [-0.2, -0.15) is 0 Å². The van der Waals surface area contributed by atoms with Gasteiger partial charge in [0, 0.05) is 64.1 Å². The number of halogens is 1. The van der Waals surface area contributed by atoms with Gasteiger partial charge in [0.05, 0.1) is 10.7 Å². The number of nitrogens with one attached hydrogen (secondary N) is 3. The minimum atomic E-state index is -0.465. The molecule has 31 heavy (non-hydrogen) atoms. The van der Waals surface area contributed by atoms with Gasteiger partial charge in [0.2, 0.25) is 17.8 Å². The van der Waals surface area contributed by atoms with Gasteiger partial charge in [-0.25, -0.2) is 14.8 Å². The maximum absolute atomic E-state index is 12.4. The molecule has 0 spiro atoms. The summed E-state index contributed by atoms with van der Waals surface area (Å²) in [6.45, 7) is 4.09. The highest BCUT2D eigenvalue weighted by molar-refractivity contribution is 6.34. The van der Waals surface area contributed by atoms with Crippen LogP contribution in [0.2, 0.25) is 5.02 Å². The van der Waals surface area contributed by atoms with Crippen molar-refractivity contribution >= 4 is 46.8 Å². The summed E-state index contributed by atoms with van der Waals surface area (Å²) in [6, 6.07) is 6.07. The molecule has 4 amide bonds. The van der Waals surface area contributed by atoms with E-state index in [1.165, 1.54) is 6.92 Å². The zero-order valence-electron chi connectivity index (χ0n) is 17.1. The maximum atomic E-state index is 12.4. The molecule has 1 aromatic carbocycles. The molecule has 1 saturated heterocycles. The number of hydrogen-bond donors (Lipinski definition) is 3. The molecule has 1 aliphatic heterocycles. The van der Waals surface area contributed by atoms with Crippen molar-refractivity contribution in [2.75, 3.05) is 48.3 Å². The molecule has 164 valence electrons.